The molecule has 1 rings (SSSR count). The molecule has 0 aliphatic heterocycles. The topological polar surface area (TPSA) is 84.7 Å². The molecular formula is C4H5ClN4O. The van der Waals surface area contributed by atoms with Gasteiger partial charge in [-0.05, 0) is 0 Å². The lowest BCUT2D eigenvalue weighted by atomic mass is 10.7. The minimum atomic E-state index is -0.525. The summed E-state index contributed by atoms with van der Waals surface area (Å²) in [6, 6.07) is 0. The molecule has 0 aliphatic rings. The fourth-order valence-corrected chi connectivity index (χ4v) is 0.637. The van der Waals surface area contributed by atoms with E-state index in [1.165, 1.54) is 0 Å². The van der Waals surface area contributed by atoms with Crippen molar-refractivity contribution in [3.63, 3.8) is 0 Å². The van der Waals surface area contributed by atoms with Crippen LogP contribution in [0.3, 0.4) is 0 Å². The third-order valence-electron chi connectivity index (χ3n) is 0.843. The Morgan fingerprint density at radius 2 is 2.30 bits per heavy atom. The van der Waals surface area contributed by atoms with Gasteiger partial charge in [-0.3, -0.25) is 4.98 Å². The van der Waals surface area contributed by atoms with Gasteiger partial charge in [0.1, 0.15) is 5.82 Å². The van der Waals surface area contributed by atoms with Crippen LogP contribution >= 0.6 is 11.6 Å². The molecule has 0 aliphatic carbocycles. The molecule has 0 amide bonds. The molecule has 0 unspecified atom stereocenters. The van der Waals surface area contributed by atoms with Crippen molar-refractivity contribution in [2.75, 3.05) is 5.73 Å². The number of aromatic nitrogens is 3. The molecule has 1 aromatic rings. The summed E-state index contributed by atoms with van der Waals surface area (Å²) >= 11 is 5.35. The third-order valence-corrected chi connectivity index (χ3v) is 1.10. The van der Waals surface area contributed by atoms with Gasteiger partial charge in [0, 0.05) is 0 Å². The molecule has 0 spiro atoms. The first-order valence-corrected chi connectivity index (χ1v) is 3.04. The predicted octanol–water partition coefficient (Wildman–Crippen LogP) is -0.514. The summed E-state index contributed by atoms with van der Waals surface area (Å²) in [4.78, 5) is 19.7. The normalized spacial score (nSPS) is 9.70. The Kier molecular flexibility index (Phi) is 1.86. The van der Waals surface area contributed by atoms with Gasteiger partial charge in [0.05, 0.1) is 5.88 Å². The van der Waals surface area contributed by atoms with Gasteiger partial charge in [-0.1, -0.05) is 0 Å². The Labute approximate surface area is 61.3 Å². The Morgan fingerprint density at radius 1 is 1.60 bits per heavy atom. The molecule has 1 aromatic heterocycles. The van der Waals surface area contributed by atoms with Crippen molar-refractivity contribution in [3.05, 3.63) is 16.3 Å². The molecule has 1 heterocycles. The van der Waals surface area contributed by atoms with E-state index in [1.54, 1.807) is 0 Å². The lowest BCUT2D eigenvalue weighted by Crippen LogP contribution is -2.16. The lowest BCUT2D eigenvalue weighted by molar-refractivity contribution is 0.927. The van der Waals surface area contributed by atoms with Crippen molar-refractivity contribution in [1.29, 1.82) is 0 Å². The van der Waals surface area contributed by atoms with E-state index in [4.69, 9.17) is 17.3 Å². The van der Waals surface area contributed by atoms with Crippen molar-refractivity contribution < 1.29 is 0 Å². The van der Waals surface area contributed by atoms with E-state index in [2.05, 4.69) is 15.0 Å². The van der Waals surface area contributed by atoms with E-state index >= 15 is 0 Å². The molecule has 0 aromatic carbocycles. The second kappa shape index (κ2) is 2.66. The summed E-state index contributed by atoms with van der Waals surface area (Å²) in [7, 11) is 0. The summed E-state index contributed by atoms with van der Waals surface area (Å²) in [5, 5.41) is 0. The molecule has 5 nitrogen and oxygen atoms in total. The van der Waals surface area contributed by atoms with Crippen LogP contribution in [-0.2, 0) is 5.88 Å². The van der Waals surface area contributed by atoms with Gasteiger partial charge in [-0.2, -0.15) is 9.97 Å². The first kappa shape index (κ1) is 7.01. The number of nitrogen functional groups attached to an aromatic ring is 1. The summed E-state index contributed by atoms with van der Waals surface area (Å²) in [6.07, 6.45) is 0. The molecule has 0 fully saturated rings. The number of nitrogens with one attached hydrogen (secondary N) is 1. The average molecular weight is 161 g/mol. The molecule has 0 saturated heterocycles. The van der Waals surface area contributed by atoms with Crippen LogP contribution in [0.15, 0.2) is 4.79 Å². The highest BCUT2D eigenvalue weighted by Crippen LogP contribution is 1.92. The quantitative estimate of drug-likeness (QED) is 0.542. The van der Waals surface area contributed by atoms with Crippen LogP contribution in [0, 0.1) is 0 Å². The minimum absolute atomic E-state index is 0.0561. The van der Waals surface area contributed by atoms with E-state index in [0.717, 1.165) is 0 Å². The largest absolute Gasteiger partial charge is 0.368 e. The minimum Gasteiger partial charge on any atom is -0.368 e. The molecule has 0 radical (unpaired) electrons. The van der Waals surface area contributed by atoms with Crippen LogP contribution in [0.4, 0.5) is 5.95 Å². The van der Waals surface area contributed by atoms with Gasteiger partial charge in [0.15, 0.2) is 0 Å². The van der Waals surface area contributed by atoms with E-state index in [9.17, 15) is 4.79 Å². The van der Waals surface area contributed by atoms with Gasteiger partial charge in [-0.15, -0.1) is 11.6 Å². The molecule has 0 saturated carbocycles. The summed E-state index contributed by atoms with van der Waals surface area (Å²) in [5.41, 5.74) is 4.61. The monoisotopic (exact) mass is 160 g/mol. The Balaban J connectivity index is 3.19. The zero-order valence-corrected chi connectivity index (χ0v) is 5.72. The Bertz CT molecular complexity index is 283. The van der Waals surface area contributed by atoms with Crippen LogP contribution in [-0.4, -0.2) is 15.0 Å². The number of nitrogens with zero attached hydrogens (tertiary/aromatic N) is 2. The highest BCUT2D eigenvalue weighted by Gasteiger charge is 1.95. The Hall–Kier alpha value is -1.10. The summed E-state index contributed by atoms with van der Waals surface area (Å²) in [6.45, 7) is 0. The smallest absolute Gasteiger partial charge is 0.349 e. The van der Waals surface area contributed by atoms with Crippen molar-refractivity contribution in [1.82, 2.24) is 15.0 Å². The van der Waals surface area contributed by atoms with Gasteiger partial charge in [0.25, 0.3) is 0 Å². The number of H-pyrrole nitrogens is 1. The number of rotatable bonds is 1. The number of hydrogen-bond acceptors (Lipinski definition) is 4. The number of nitrogens with two attached hydrogens (primary N) is 1. The van der Waals surface area contributed by atoms with Crippen molar-refractivity contribution in [2.45, 2.75) is 5.88 Å². The standard InChI is InChI=1S/C4H5ClN4O/c5-1-2-7-3(6)9-4(10)8-2/h1H2,(H3,6,7,8,9,10). The molecule has 10 heavy (non-hydrogen) atoms. The molecule has 3 N–H and O–H groups in total. The second-order valence-corrected chi connectivity index (χ2v) is 1.86. The first-order chi connectivity index (χ1) is 4.72. The number of hydrogen-bond donors (Lipinski definition) is 2. The molecular weight excluding hydrogens is 156 g/mol. The van der Waals surface area contributed by atoms with Crippen molar-refractivity contribution in [2.24, 2.45) is 0 Å². The zero-order chi connectivity index (χ0) is 7.56. The maximum Gasteiger partial charge on any atom is 0.349 e. The molecule has 54 valence electrons. The first-order valence-electron chi connectivity index (χ1n) is 2.51. The number of aromatic amines is 1. The van der Waals surface area contributed by atoms with E-state index in [1.807, 2.05) is 0 Å². The van der Waals surface area contributed by atoms with Gasteiger partial charge in [-0.25, -0.2) is 4.79 Å². The number of halogens is 1. The lowest BCUT2D eigenvalue weighted by Gasteiger charge is -1.92. The van der Waals surface area contributed by atoms with Crippen LogP contribution in [0.2, 0.25) is 0 Å². The summed E-state index contributed by atoms with van der Waals surface area (Å²) in [5.74, 6) is 0.403. The molecule has 6 heteroatoms. The predicted molar refractivity (Wildman–Crippen MR) is 36.6 cm³/mol. The summed E-state index contributed by atoms with van der Waals surface area (Å²) < 4.78 is 0. The van der Waals surface area contributed by atoms with Gasteiger partial charge in [0.2, 0.25) is 5.95 Å². The highest BCUT2D eigenvalue weighted by molar-refractivity contribution is 6.16. The van der Waals surface area contributed by atoms with E-state index in [0.29, 0.717) is 5.82 Å². The van der Waals surface area contributed by atoms with Crippen LogP contribution in [0.1, 0.15) is 5.82 Å². The van der Waals surface area contributed by atoms with Crippen molar-refractivity contribution >= 4 is 17.5 Å². The van der Waals surface area contributed by atoms with Crippen LogP contribution in [0.25, 0.3) is 0 Å². The van der Waals surface area contributed by atoms with Crippen LogP contribution < -0.4 is 11.4 Å². The van der Waals surface area contributed by atoms with Gasteiger partial charge < -0.3 is 5.73 Å². The highest BCUT2D eigenvalue weighted by atomic mass is 35.5. The zero-order valence-electron chi connectivity index (χ0n) is 4.97. The maximum absolute atomic E-state index is 10.5. The van der Waals surface area contributed by atoms with E-state index in [-0.39, 0.29) is 11.8 Å². The van der Waals surface area contributed by atoms with Gasteiger partial charge >= 0.3 is 5.69 Å². The maximum atomic E-state index is 10.5. The third kappa shape index (κ3) is 1.44. The average Bonchev–Trinajstić information content (AvgIpc) is 1.85. The van der Waals surface area contributed by atoms with E-state index < -0.39 is 5.69 Å². The molecule has 0 atom stereocenters. The fourth-order valence-electron chi connectivity index (χ4n) is 0.510. The van der Waals surface area contributed by atoms with Crippen molar-refractivity contribution in [3.8, 4) is 0 Å². The Morgan fingerprint density at radius 3 is 2.80 bits per heavy atom. The van der Waals surface area contributed by atoms with Crippen LogP contribution in [0.5, 0.6) is 0 Å². The SMILES string of the molecule is Nc1nc(CCl)[nH]c(=O)n1. The fraction of sp³-hybridized carbons (Fsp3) is 0.250. The number of anilines is 1. The second-order valence-electron chi connectivity index (χ2n) is 1.59. The number of alkyl halides is 1. The molecule has 0 bridgehead atoms.